The Morgan fingerprint density at radius 3 is 2.64 bits per heavy atom. The summed E-state index contributed by atoms with van der Waals surface area (Å²) in [7, 11) is 1.93. The summed E-state index contributed by atoms with van der Waals surface area (Å²) < 4.78 is 3.60. The number of carbonyl (C=O) groups excluding carboxylic acids is 1. The zero-order chi connectivity index (χ0) is 19.9. The first-order valence-corrected chi connectivity index (χ1v) is 9.69. The van der Waals surface area contributed by atoms with E-state index < -0.39 is 0 Å². The van der Waals surface area contributed by atoms with E-state index in [0.717, 1.165) is 29.9 Å². The average molecular weight is 377 g/mol. The standard InChI is InChI=1S/C22H27N5O/c1-16-19(17-8-6-5-7-9-17)12-27(24-16)14-21(28)26-13-20(22(2,3)15-26)18-10-23-25(4)11-18/h5-12,20H,13-15H2,1-4H3. The number of likely N-dealkylation sites (tertiary alicyclic amines) is 1. The molecule has 1 atom stereocenters. The minimum Gasteiger partial charge on any atom is -0.340 e. The van der Waals surface area contributed by atoms with E-state index in [1.165, 1.54) is 5.56 Å². The SMILES string of the molecule is Cc1nn(CC(=O)N2CC(c3cnn(C)c3)C(C)(C)C2)cc1-c1ccccc1. The van der Waals surface area contributed by atoms with Crippen LogP contribution in [0.4, 0.5) is 0 Å². The minimum atomic E-state index is 0.0218. The molecule has 6 heteroatoms. The number of hydrogen-bond donors (Lipinski definition) is 0. The predicted molar refractivity (Wildman–Crippen MR) is 109 cm³/mol. The number of rotatable bonds is 4. The van der Waals surface area contributed by atoms with Crippen LogP contribution in [0.15, 0.2) is 48.9 Å². The maximum atomic E-state index is 13.0. The van der Waals surface area contributed by atoms with Crippen LogP contribution in [-0.4, -0.2) is 43.5 Å². The van der Waals surface area contributed by atoms with E-state index >= 15 is 0 Å². The van der Waals surface area contributed by atoms with E-state index in [9.17, 15) is 4.79 Å². The molecule has 0 aliphatic carbocycles. The van der Waals surface area contributed by atoms with Gasteiger partial charge in [0.15, 0.2) is 0 Å². The fourth-order valence-electron chi connectivity index (χ4n) is 4.24. The summed E-state index contributed by atoms with van der Waals surface area (Å²) in [5.74, 6) is 0.408. The van der Waals surface area contributed by atoms with Crippen LogP contribution < -0.4 is 0 Å². The molecule has 28 heavy (non-hydrogen) atoms. The van der Waals surface area contributed by atoms with Crippen molar-refractivity contribution in [2.75, 3.05) is 13.1 Å². The van der Waals surface area contributed by atoms with Gasteiger partial charge < -0.3 is 4.90 Å². The lowest BCUT2D eigenvalue weighted by atomic mass is 9.79. The van der Waals surface area contributed by atoms with Crippen molar-refractivity contribution in [3.05, 3.63) is 60.2 Å². The van der Waals surface area contributed by atoms with Gasteiger partial charge in [-0.3, -0.25) is 14.2 Å². The van der Waals surface area contributed by atoms with E-state index in [1.807, 2.05) is 54.1 Å². The molecule has 0 bridgehead atoms. The van der Waals surface area contributed by atoms with Gasteiger partial charge in [0.05, 0.1) is 11.9 Å². The quantitative estimate of drug-likeness (QED) is 0.701. The third kappa shape index (κ3) is 3.46. The molecule has 1 saturated heterocycles. The summed E-state index contributed by atoms with van der Waals surface area (Å²) in [4.78, 5) is 15.0. The largest absolute Gasteiger partial charge is 0.340 e. The van der Waals surface area contributed by atoms with Crippen molar-refractivity contribution in [3.8, 4) is 11.1 Å². The van der Waals surface area contributed by atoms with Gasteiger partial charge in [0, 0.05) is 44.0 Å². The highest BCUT2D eigenvalue weighted by Gasteiger charge is 2.42. The highest BCUT2D eigenvalue weighted by Crippen LogP contribution is 2.42. The van der Waals surface area contributed by atoms with Crippen molar-refractivity contribution in [1.82, 2.24) is 24.5 Å². The van der Waals surface area contributed by atoms with Gasteiger partial charge in [0.25, 0.3) is 0 Å². The summed E-state index contributed by atoms with van der Waals surface area (Å²) in [5, 5.41) is 8.88. The van der Waals surface area contributed by atoms with Crippen molar-refractivity contribution >= 4 is 5.91 Å². The number of hydrogen-bond acceptors (Lipinski definition) is 3. The Balaban J connectivity index is 1.49. The van der Waals surface area contributed by atoms with Crippen LogP contribution in [0.5, 0.6) is 0 Å². The topological polar surface area (TPSA) is 56.0 Å². The number of amides is 1. The minimum absolute atomic E-state index is 0.0218. The van der Waals surface area contributed by atoms with Crippen LogP contribution in [0, 0.1) is 12.3 Å². The first kappa shape index (κ1) is 18.5. The van der Waals surface area contributed by atoms with Gasteiger partial charge in [0.2, 0.25) is 5.91 Å². The Bertz CT molecular complexity index is 986. The van der Waals surface area contributed by atoms with Crippen LogP contribution in [0.2, 0.25) is 0 Å². The third-order valence-corrected chi connectivity index (χ3v) is 5.75. The maximum Gasteiger partial charge on any atom is 0.244 e. The first-order valence-electron chi connectivity index (χ1n) is 9.69. The van der Waals surface area contributed by atoms with Crippen molar-refractivity contribution in [2.24, 2.45) is 12.5 Å². The van der Waals surface area contributed by atoms with E-state index in [-0.39, 0.29) is 17.9 Å². The molecule has 3 aromatic rings. The number of nitrogens with zero attached hydrogens (tertiary/aromatic N) is 5. The normalized spacial score (nSPS) is 18.6. The lowest BCUT2D eigenvalue weighted by molar-refractivity contribution is -0.131. The van der Waals surface area contributed by atoms with Crippen molar-refractivity contribution in [3.63, 3.8) is 0 Å². The van der Waals surface area contributed by atoms with E-state index in [2.05, 4.69) is 42.4 Å². The second-order valence-corrected chi connectivity index (χ2v) is 8.45. The van der Waals surface area contributed by atoms with Gasteiger partial charge in [-0.1, -0.05) is 44.2 Å². The maximum absolute atomic E-state index is 13.0. The Labute approximate surface area is 165 Å². The van der Waals surface area contributed by atoms with E-state index in [4.69, 9.17) is 0 Å². The van der Waals surface area contributed by atoms with Gasteiger partial charge in [-0.15, -0.1) is 0 Å². The number of carbonyl (C=O) groups is 1. The van der Waals surface area contributed by atoms with Crippen molar-refractivity contribution < 1.29 is 4.79 Å². The molecule has 1 amide bonds. The van der Waals surface area contributed by atoms with Gasteiger partial charge in [-0.05, 0) is 23.5 Å². The Hall–Kier alpha value is -2.89. The molecule has 0 saturated carbocycles. The third-order valence-electron chi connectivity index (χ3n) is 5.75. The zero-order valence-electron chi connectivity index (χ0n) is 17.0. The smallest absolute Gasteiger partial charge is 0.244 e. The molecule has 6 nitrogen and oxygen atoms in total. The van der Waals surface area contributed by atoms with Gasteiger partial charge in [0.1, 0.15) is 6.54 Å². The number of aryl methyl sites for hydroxylation is 2. The summed E-state index contributed by atoms with van der Waals surface area (Å²) in [6, 6.07) is 10.2. The molecule has 0 spiro atoms. The second-order valence-electron chi connectivity index (χ2n) is 8.45. The van der Waals surface area contributed by atoms with Crippen LogP contribution in [0.3, 0.4) is 0 Å². The van der Waals surface area contributed by atoms with Crippen LogP contribution in [0.1, 0.15) is 31.0 Å². The molecule has 146 valence electrons. The molecular weight excluding hydrogens is 350 g/mol. The van der Waals surface area contributed by atoms with E-state index in [0.29, 0.717) is 5.92 Å². The fraction of sp³-hybridized carbons (Fsp3) is 0.409. The molecule has 1 fully saturated rings. The fourth-order valence-corrected chi connectivity index (χ4v) is 4.24. The van der Waals surface area contributed by atoms with Gasteiger partial charge in [-0.25, -0.2) is 0 Å². The monoisotopic (exact) mass is 377 g/mol. The van der Waals surface area contributed by atoms with Gasteiger partial charge >= 0.3 is 0 Å². The van der Waals surface area contributed by atoms with Crippen LogP contribution >= 0.6 is 0 Å². The molecule has 1 aliphatic rings. The Morgan fingerprint density at radius 1 is 1.21 bits per heavy atom. The highest BCUT2D eigenvalue weighted by atomic mass is 16.2. The Morgan fingerprint density at radius 2 is 1.96 bits per heavy atom. The molecule has 0 N–H and O–H groups in total. The molecule has 1 aliphatic heterocycles. The molecule has 1 unspecified atom stereocenters. The Kier molecular flexibility index (Phi) is 4.57. The molecule has 3 heterocycles. The predicted octanol–water partition coefficient (Wildman–Crippen LogP) is 3.24. The highest BCUT2D eigenvalue weighted by molar-refractivity contribution is 5.77. The molecule has 2 aromatic heterocycles. The lowest BCUT2D eigenvalue weighted by Gasteiger charge is -2.24. The lowest BCUT2D eigenvalue weighted by Crippen LogP contribution is -2.33. The first-order chi connectivity index (χ1) is 13.3. The summed E-state index contributed by atoms with van der Waals surface area (Å²) in [5.41, 5.74) is 4.35. The average Bonchev–Trinajstić information content (AvgIpc) is 3.32. The summed E-state index contributed by atoms with van der Waals surface area (Å²) in [6.07, 6.45) is 5.95. The summed E-state index contributed by atoms with van der Waals surface area (Å²) >= 11 is 0. The van der Waals surface area contributed by atoms with Crippen molar-refractivity contribution in [1.29, 1.82) is 0 Å². The second kappa shape index (κ2) is 6.93. The molecular formula is C22H27N5O. The number of benzene rings is 1. The van der Waals surface area contributed by atoms with E-state index in [1.54, 1.807) is 4.68 Å². The summed E-state index contributed by atoms with van der Waals surface area (Å²) in [6.45, 7) is 8.18. The molecule has 1 aromatic carbocycles. The van der Waals surface area contributed by atoms with Crippen LogP contribution in [0.25, 0.3) is 11.1 Å². The zero-order valence-corrected chi connectivity index (χ0v) is 17.0. The number of aromatic nitrogens is 4. The van der Waals surface area contributed by atoms with Crippen molar-refractivity contribution in [2.45, 2.75) is 33.2 Å². The molecule has 0 radical (unpaired) electrons. The van der Waals surface area contributed by atoms with Crippen LogP contribution in [-0.2, 0) is 18.4 Å². The molecule has 4 rings (SSSR count). The van der Waals surface area contributed by atoms with Gasteiger partial charge in [-0.2, -0.15) is 10.2 Å².